The van der Waals surface area contributed by atoms with E-state index >= 15 is 0 Å². The van der Waals surface area contributed by atoms with Gasteiger partial charge in [0.05, 0.1) is 11.4 Å². The van der Waals surface area contributed by atoms with E-state index < -0.39 is 0 Å². The number of benzene rings is 1. The summed E-state index contributed by atoms with van der Waals surface area (Å²) in [4.78, 5) is 15.5. The molecule has 1 aliphatic heterocycles. The van der Waals surface area contributed by atoms with Crippen molar-refractivity contribution >= 4 is 11.6 Å². The lowest BCUT2D eigenvalue weighted by atomic mass is 10.0. The normalized spacial score (nSPS) is 16.7. The van der Waals surface area contributed by atoms with Crippen molar-refractivity contribution in [2.75, 3.05) is 38.4 Å². The minimum absolute atomic E-state index is 0.120. The van der Waals surface area contributed by atoms with Gasteiger partial charge in [0.25, 0.3) is 5.91 Å². The number of piperidine rings is 1. The Morgan fingerprint density at radius 1 is 1.22 bits per heavy atom. The topological polar surface area (TPSA) is 96.8 Å². The lowest BCUT2D eigenvalue weighted by Gasteiger charge is -2.36. The maximum atomic E-state index is 13.6. The third-order valence-corrected chi connectivity index (χ3v) is 5.41. The van der Waals surface area contributed by atoms with E-state index in [2.05, 4.69) is 19.2 Å². The van der Waals surface area contributed by atoms with E-state index in [9.17, 15) is 4.79 Å². The second-order valence-electron chi connectivity index (χ2n) is 8.37. The second-order valence-corrected chi connectivity index (χ2v) is 8.37. The number of nitrogens with two attached hydrogens (primary N) is 2. The van der Waals surface area contributed by atoms with Crippen LogP contribution in [0.2, 0.25) is 0 Å². The number of hydrogen-bond acceptors (Lipinski definition) is 6. The van der Waals surface area contributed by atoms with Crippen LogP contribution in [0.3, 0.4) is 0 Å². The Balaban J connectivity index is 0.00000249. The molecule has 1 aromatic rings. The first kappa shape index (κ1) is 27.9. The van der Waals surface area contributed by atoms with Crippen LogP contribution in [0.25, 0.3) is 0 Å². The number of anilines is 1. The molecule has 0 spiro atoms. The highest BCUT2D eigenvalue weighted by molar-refractivity contribution is 5.94. The Morgan fingerprint density at radius 2 is 1.91 bits per heavy atom. The lowest BCUT2D eigenvalue weighted by molar-refractivity contribution is -0.130. The van der Waals surface area contributed by atoms with E-state index in [0.29, 0.717) is 31.2 Å². The van der Waals surface area contributed by atoms with Gasteiger partial charge in [-0.3, -0.25) is 9.80 Å². The van der Waals surface area contributed by atoms with Gasteiger partial charge in [0, 0.05) is 32.8 Å². The molecule has 1 amide bonds. The first-order valence-electron chi connectivity index (χ1n) is 12.0. The Morgan fingerprint density at radius 3 is 2.47 bits per heavy atom. The molecule has 0 saturated carbocycles. The fourth-order valence-electron chi connectivity index (χ4n) is 3.84. The Labute approximate surface area is 195 Å². The molecule has 0 radical (unpaired) electrons. The van der Waals surface area contributed by atoms with Gasteiger partial charge >= 0.3 is 0 Å². The number of rotatable bonds is 11. The molecular formula is C25H45N5O2. The molecule has 5 N–H and O–H groups in total. The number of hydrogen-bond donors (Lipinski definition) is 3. The monoisotopic (exact) mass is 447 g/mol. The molecule has 1 saturated heterocycles. The highest BCUT2D eigenvalue weighted by Crippen LogP contribution is 2.23. The summed E-state index contributed by atoms with van der Waals surface area (Å²) < 4.78 is 5.16. The van der Waals surface area contributed by atoms with Crippen LogP contribution in [0.5, 0.6) is 0 Å². The number of para-hydroxylation sites is 1. The van der Waals surface area contributed by atoms with Crippen LogP contribution in [0.1, 0.15) is 59.8 Å². The lowest BCUT2D eigenvalue weighted by Crippen LogP contribution is -2.51. The highest BCUT2D eigenvalue weighted by atomic mass is 16.5. The van der Waals surface area contributed by atoms with E-state index in [1.807, 2.05) is 49.1 Å². The van der Waals surface area contributed by atoms with Gasteiger partial charge in [0.1, 0.15) is 5.70 Å². The standard InChI is InChI=1S/C23H39N5O2.C2H6/c1-18(2)17-27(20-12-9-14-26-16-20)23(29)22(24)21(13-7-8-15-30-3)28(25)19-10-5-4-6-11-19;1-2/h4-6,10-11,18,20,26H,7-9,12-17,24-25H2,1-3H3;1-2H3/b22-21-;/t20-;/m0./s1. The van der Waals surface area contributed by atoms with Gasteiger partial charge < -0.3 is 20.7 Å². The van der Waals surface area contributed by atoms with Gasteiger partial charge in [-0.05, 0) is 56.7 Å². The number of hydrazine groups is 1. The second kappa shape index (κ2) is 15.7. The molecule has 182 valence electrons. The molecule has 1 heterocycles. The number of nitrogens with zero attached hydrogens (tertiary/aromatic N) is 2. The fourth-order valence-corrected chi connectivity index (χ4v) is 3.84. The van der Waals surface area contributed by atoms with Crippen LogP contribution < -0.4 is 21.9 Å². The van der Waals surface area contributed by atoms with Crippen LogP contribution in [0, 0.1) is 5.92 Å². The van der Waals surface area contributed by atoms with Crippen molar-refractivity contribution in [3.8, 4) is 0 Å². The predicted molar refractivity (Wildman–Crippen MR) is 134 cm³/mol. The quantitative estimate of drug-likeness (QED) is 0.207. The molecule has 0 unspecified atom stereocenters. The number of carbonyl (C=O) groups is 1. The molecule has 0 aliphatic carbocycles. The summed E-state index contributed by atoms with van der Waals surface area (Å²) in [7, 11) is 1.69. The molecular weight excluding hydrogens is 402 g/mol. The summed E-state index contributed by atoms with van der Waals surface area (Å²) in [6, 6.07) is 9.79. The Hall–Kier alpha value is -2.09. The van der Waals surface area contributed by atoms with Crippen LogP contribution >= 0.6 is 0 Å². The zero-order valence-corrected chi connectivity index (χ0v) is 20.8. The minimum atomic E-state index is -0.120. The molecule has 0 bridgehead atoms. The van der Waals surface area contributed by atoms with Crippen LogP contribution in [0.4, 0.5) is 5.69 Å². The van der Waals surface area contributed by atoms with Crippen molar-refractivity contribution in [1.82, 2.24) is 10.2 Å². The van der Waals surface area contributed by atoms with Crippen molar-refractivity contribution in [2.45, 2.75) is 65.8 Å². The number of allylic oxidation sites excluding steroid dienone is 1. The van der Waals surface area contributed by atoms with Crippen LogP contribution in [-0.4, -0.2) is 50.2 Å². The van der Waals surface area contributed by atoms with Gasteiger partial charge in [-0.2, -0.15) is 0 Å². The summed E-state index contributed by atoms with van der Waals surface area (Å²) >= 11 is 0. The van der Waals surface area contributed by atoms with Crippen molar-refractivity contribution in [1.29, 1.82) is 0 Å². The largest absolute Gasteiger partial charge is 0.393 e. The summed E-state index contributed by atoms with van der Waals surface area (Å²) in [6.45, 7) is 11.4. The molecule has 1 atom stereocenters. The zero-order chi connectivity index (χ0) is 23.9. The molecule has 1 aliphatic rings. The Bertz CT molecular complexity index is 672. The van der Waals surface area contributed by atoms with E-state index in [1.54, 1.807) is 12.1 Å². The minimum Gasteiger partial charge on any atom is -0.393 e. The third-order valence-electron chi connectivity index (χ3n) is 5.41. The first-order valence-corrected chi connectivity index (χ1v) is 12.0. The van der Waals surface area contributed by atoms with E-state index in [-0.39, 0.29) is 17.6 Å². The third kappa shape index (κ3) is 8.81. The molecule has 32 heavy (non-hydrogen) atoms. The summed E-state index contributed by atoms with van der Waals surface area (Å²) in [6.07, 6.45) is 4.39. The highest BCUT2D eigenvalue weighted by Gasteiger charge is 2.29. The van der Waals surface area contributed by atoms with Crippen molar-refractivity contribution in [3.05, 3.63) is 41.7 Å². The van der Waals surface area contributed by atoms with Gasteiger partial charge in [-0.15, -0.1) is 0 Å². The number of amides is 1. The average molecular weight is 448 g/mol. The van der Waals surface area contributed by atoms with Crippen molar-refractivity contribution in [3.63, 3.8) is 0 Å². The van der Waals surface area contributed by atoms with Gasteiger partial charge in [-0.25, -0.2) is 5.84 Å². The zero-order valence-electron chi connectivity index (χ0n) is 20.8. The molecule has 1 aromatic carbocycles. The summed E-state index contributed by atoms with van der Waals surface area (Å²) in [5, 5.41) is 4.97. The molecule has 7 nitrogen and oxygen atoms in total. The van der Waals surface area contributed by atoms with Crippen molar-refractivity contribution < 1.29 is 9.53 Å². The van der Waals surface area contributed by atoms with Gasteiger partial charge in [0.15, 0.2) is 0 Å². The van der Waals surface area contributed by atoms with Crippen LogP contribution in [0.15, 0.2) is 41.7 Å². The van der Waals surface area contributed by atoms with Crippen LogP contribution in [-0.2, 0) is 9.53 Å². The van der Waals surface area contributed by atoms with Gasteiger partial charge in [-0.1, -0.05) is 45.9 Å². The number of ether oxygens (including phenoxy) is 1. The number of methoxy groups -OCH3 is 1. The maximum absolute atomic E-state index is 13.6. The van der Waals surface area contributed by atoms with E-state index in [1.165, 1.54) is 0 Å². The Kier molecular flexibility index (Phi) is 13.7. The summed E-state index contributed by atoms with van der Waals surface area (Å²) in [5.74, 6) is 6.69. The van der Waals surface area contributed by atoms with Crippen molar-refractivity contribution in [2.24, 2.45) is 17.5 Å². The van der Waals surface area contributed by atoms with E-state index in [0.717, 1.165) is 44.5 Å². The van der Waals surface area contributed by atoms with Gasteiger partial charge in [0.2, 0.25) is 0 Å². The number of carbonyl (C=O) groups excluding carboxylic acids is 1. The van der Waals surface area contributed by atoms with E-state index in [4.69, 9.17) is 16.3 Å². The summed E-state index contributed by atoms with van der Waals surface area (Å²) in [5.41, 5.74) is 8.23. The molecule has 2 rings (SSSR count). The molecule has 1 fully saturated rings. The number of nitrogens with one attached hydrogen (secondary N) is 1. The predicted octanol–water partition coefficient (Wildman–Crippen LogP) is 3.62. The SMILES string of the molecule is CC.COCCCC/C(=C(/N)C(=O)N(CC(C)C)[C@H]1CCCNC1)N(N)c1ccccc1. The first-order chi connectivity index (χ1) is 15.5. The smallest absolute Gasteiger partial charge is 0.271 e. The molecule has 0 aromatic heterocycles. The number of unbranched alkanes of at least 4 members (excludes halogenated alkanes) is 1. The molecule has 7 heteroatoms. The maximum Gasteiger partial charge on any atom is 0.271 e. The fraction of sp³-hybridized carbons (Fsp3) is 0.640. The average Bonchev–Trinajstić information content (AvgIpc) is 2.83.